The molecule has 5 N–H and O–H groups in total. The van der Waals surface area contributed by atoms with E-state index in [0.717, 1.165) is 51.2 Å². The predicted molar refractivity (Wildman–Crippen MR) is 245 cm³/mol. The van der Waals surface area contributed by atoms with Gasteiger partial charge in [0.15, 0.2) is 0 Å². The van der Waals surface area contributed by atoms with Crippen LogP contribution >= 0.6 is 11.3 Å². The van der Waals surface area contributed by atoms with E-state index in [9.17, 15) is 27.6 Å². The molecule has 16 nitrogen and oxygen atoms in total. The number of primary amides is 1. The van der Waals surface area contributed by atoms with Crippen LogP contribution in [0.1, 0.15) is 119 Å². The number of fused-ring (bicyclic) bond motifs is 1. The summed E-state index contributed by atoms with van der Waals surface area (Å²) < 4.78 is 39.2. The number of allylic oxidation sites excluding steroid dienone is 2. The van der Waals surface area contributed by atoms with Crippen LogP contribution in [-0.4, -0.2) is 103 Å². The number of nitrogens with zero attached hydrogens (tertiary/aromatic N) is 4. The number of para-hydroxylation sites is 1. The molecule has 2 aromatic rings. The predicted octanol–water partition coefficient (Wildman–Crippen LogP) is 6.49. The summed E-state index contributed by atoms with van der Waals surface area (Å²) in [5.74, 6) is -1.98. The fourth-order valence-electron chi connectivity index (χ4n) is 7.41. The van der Waals surface area contributed by atoms with Crippen molar-refractivity contribution < 1.29 is 37.1 Å². The van der Waals surface area contributed by atoms with E-state index in [1.165, 1.54) is 19.0 Å². The summed E-state index contributed by atoms with van der Waals surface area (Å²) in [5, 5.41) is 9.44. The minimum atomic E-state index is -3.83. The number of likely N-dealkylation sites (tertiary alicyclic amines) is 1. The van der Waals surface area contributed by atoms with Gasteiger partial charge in [0.05, 0.1) is 28.2 Å². The number of ether oxygens (including phenoxy) is 2. The summed E-state index contributed by atoms with van der Waals surface area (Å²) in [6, 6.07) is 4.21. The van der Waals surface area contributed by atoms with Crippen LogP contribution in [0.25, 0.3) is 11.3 Å². The number of hydrogen-bond acceptors (Lipinski definition) is 12. The number of anilines is 2. The van der Waals surface area contributed by atoms with E-state index < -0.39 is 64.2 Å². The van der Waals surface area contributed by atoms with Crippen LogP contribution in [0.15, 0.2) is 35.7 Å². The Labute approximate surface area is 372 Å². The molecule has 3 heterocycles. The molecule has 5 rings (SSSR count). The highest BCUT2D eigenvalue weighted by atomic mass is 32.2. The highest BCUT2D eigenvalue weighted by molar-refractivity contribution is 7.87. The van der Waals surface area contributed by atoms with E-state index in [2.05, 4.69) is 60.3 Å². The Morgan fingerprint density at radius 2 is 1.76 bits per heavy atom. The highest BCUT2D eigenvalue weighted by Crippen LogP contribution is 2.45. The number of alkyl carbamates (subject to hydrolysis) is 1. The number of nitrogens with one attached hydrogen (secondary N) is 3. The third kappa shape index (κ3) is 13.1. The maximum atomic E-state index is 14.3. The molecular weight excluding hydrogens is 833 g/mol. The molecule has 1 saturated carbocycles. The second-order valence-electron chi connectivity index (χ2n) is 18.4. The molecule has 0 bridgehead atoms. The zero-order valence-corrected chi connectivity index (χ0v) is 40.2. The van der Waals surface area contributed by atoms with Crippen molar-refractivity contribution >= 4 is 56.7 Å². The minimum Gasteiger partial charge on any atom is -0.444 e. The number of carbonyl (C=O) groups excluding carboxylic acids is 4. The van der Waals surface area contributed by atoms with E-state index in [1.54, 1.807) is 32.1 Å². The molecule has 1 aromatic heterocycles. The van der Waals surface area contributed by atoms with Gasteiger partial charge in [0.1, 0.15) is 17.7 Å². The molecule has 1 unspecified atom stereocenters. The van der Waals surface area contributed by atoms with Crippen LogP contribution in [0, 0.1) is 11.8 Å². The Hall–Kier alpha value is -4.26. The lowest BCUT2D eigenvalue weighted by Gasteiger charge is -2.32. The first-order valence-corrected chi connectivity index (χ1v) is 24.1. The van der Waals surface area contributed by atoms with Gasteiger partial charge in [-0.1, -0.05) is 71.7 Å². The second-order valence-corrected chi connectivity index (χ2v) is 21.2. The Bertz CT molecular complexity index is 2020. The normalized spacial score (nSPS) is 21.6. The van der Waals surface area contributed by atoms with Crippen LogP contribution in [0.4, 0.5) is 16.2 Å². The third-order valence-electron chi connectivity index (χ3n) is 10.6. The van der Waals surface area contributed by atoms with Crippen molar-refractivity contribution in [2.75, 3.05) is 30.9 Å². The number of benzene rings is 1. The molecule has 18 heteroatoms. The SMILES string of the molecule is CC.CC(C)N1c2cccc(-c3csc(C(C)(C)C)n3)c2NC1O[C@@H]1C[C@@H](C(N)=O)N(C(=O)[C@H](CCCCC/C=C\[C@@H]2C[C@@H]2C(=O)NS(=O)(=O)N(C)C)NC(=O)OC(C)(C)C)C1. The van der Waals surface area contributed by atoms with Crippen LogP contribution in [0.2, 0.25) is 0 Å². The van der Waals surface area contributed by atoms with Crippen molar-refractivity contribution in [1.29, 1.82) is 0 Å². The van der Waals surface area contributed by atoms with Crippen molar-refractivity contribution in [3.63, 3.8) is 0 Å². The van der Waals surface area contributed by atoms with Crippen molar-refractivity contribution in [2.24, 2.45) is 17.6 Å². The molecule has 4 amide bonds. The van der Waals surface area contributed by atoms with Crippen molar-refractivity contribution in [3.8, 4) is 11.3 Å². The molecule has 0 spiro atoms. The summed E-state index contributed by atoms with van der Waals surface area (Å²) in [4.78, 5) is 61.1. The van der Waals surface area contributed by atoms with Gasteiger partial charge < -0.3 is 35.6 Å². The fourth-order valence-corrected chi connectivity index (χ4v) is 8.91. The van der Waals surface area contributed by atoms with Crippen molar-refractivity contribution in [2.45, 2.75) is 156 Å². The first-order chi connectivity index (χ1) is 29.0. The Kier molecular flexibility index (Phi) is 17.0. The van der Waals surface area contributed by atoms with E-state index in [0.29, 0.717) is 19.3 Å². The molecule has 1 aliphatic carbocycles. The number of carbonyl (C=O) groups is 4. The third-order valence-corrected chi connectivity index (χ3v) is 13.3. The van der Waals surface area contributed by atoms with Crippen LogP contribution in [0.5, 0.6) is 0 Å². The molecule has 346 valence electrons. The number of amides is 4. The Morgan fingerprint density at radius 1 is 1.06 bits per heavy atom. The van der Waals surface area contributed by atoms with E-state index in [4.69, 9.17) is 20.2 Å². The first-order valence-electron chi connectivity index (χ1n) is 21.8. The number of nitrogens with two attached hydrogens (primary N) is 1. The summed E-state index contributed by atoms with van der Waals surface area (Å²) in [6.07, 6.45) is 5.99. The van der Waals surface area contributed by atoms with Crippen molar-refractivity contribution in [1.82, 2.24) is 24.2 Å². The second kappa shape index (κ2) is 20.9. The number of aromatic nitrogens is 1. The molecule has 0 radical (unpaired) electrons. The lowest BCUT2D eigenvalue weighted by atomic mass is 9.98. The zero-order chi connectivity index (χ0) is 46.3. The molecule has 2 aliphatic heterocycles. The van der Waals surface area contributed by atoms with Gasteiger partial charge in [-0.05, 0) is 72.3 Å². The average Bonchev–Trinajstić information content (AvgIpc) is 3.46. The molecule has 1 saturated heterocycles. The van der Waals surface area contributed by atoms with Gasteiger partial charge in [0, 0.05) is 55.4 Å². The van der Waals surface area contributed by atoms with Gasteiger partial charge in [-0.3, -0.25) is 14.4 Å². The largest absolute Gasteiger partial charge is 0.444 e. The van der Waals surface area contributed by atoms with E-state index in [1.807, 2.05) is 44.2 Å². The van der Waals surface area contributed by atoms with Crippen LogP contribution in [-0.2, 0) is 39.5 Å². The maximum Gasteiger partial charge on any atom is 0.408 e. The van der Waals surface area contributed by atoms with Gasteiger partial charge >= 0.3 is 16.3 Å². The monoisotopic (exact) mass is 902 g/mol. The first kappa shape index (κ1) is 50.4. The van der Waals surface area contributed by atoms with Crippen molar-refractivity contribution in [3.05, 3.63) is 40.7 Å². The standard InChI is InChI=1S/C42H64N8O8S2.C2H6/c1-25(2)50-32-20-16-18-28(31-24-59-38(44-31)41(3,4)5)34(32)46-39(50)57-27-22-33(35(43)51)49(23-27)37(53)30(45-40(54)58-42(6,7)8)19-15-13-11-12-14-17-26-21-29(26)36(52)47-60(55,56)48(9)10;1-2/h14,16-18,20,24-27,29-30,33,39,46H,11-13,15,19,21-23H2,1-10H3,(H2,43,51)(H,45,54)(H,47,52);1-2H3/b17-14-;/t26-,27-,29+,30+,33+,39?;/m1./s1. The van der Waals surface area contributed by atoms with Gasteiger partial charge in [-0.15, -0.1) is 11.3 Å². The number of thiazole rings is 1. The molecule has 6 atom stereocenters. The molecule has 62 heavy (non-hydrogen) atoms. The lowest BCUT2D eigenvalue weighted by molar-refractivity contribution is -0.139. The zero-order valence-electron chi connectivity index (χ0n) is 38.6. The maximum absolute atomic E-state index is 14.3. The van der Waals surface area contributed by atoms with Gasteiger partial charge in [0.2, 0.25) is 24.1 Å². The molecule has 3 aliphatic rings. The fraction of sp³-hybridized carbons (Fsp3) is 0.659. The minimum absolute atomic E-state index is 0.00930. The lowest BCUT2D eigenvalue weighted by Crippen LogP contribution is -2.53. The smallest absolute Gasteiger partial charge is 0.408 e. The number of hydrogen-bond donors (Lipinski definition) is 4. The number of rotatable bonds is 17. The van der Waals surface area contributed by atoms with Gasteiger partial charge in [-0.2, -0.15) is 12.7 Å². The summed E-state index contributed by atoms with van der Waals surface area (Å²) >= 11 is 1.63. The average molecular weight is 903 g/mol. The summed E-state index contributed by atoms with van der Waals surface area (Å²) in [5.41, 5.74) is 8.72. The molecule has 1 aromatic carbocycles. The number of unbranched alkanes of at least 4 members (excludes halogenated alkanes) is 3. The quantitative estimate of drug-likeness (QED) is 0.0998. The van der Waals surface area contributed by atoms with E-state index in [-0.39, 0.29) is 36.3 Å². The Balaban J connectivity index is 0.00000416. The van der Waals surface area contributed by atoms with Crippen LogP contribution < -0.4 is 26.0 Å². The summed E-state index contributed by atoms with van der Waals surface area (Å²) in [7, 11) is -1.11. The molecular formula is C44H70N8O8S2. The van der Waals surface area contributed by atoms with Crippen LogP contribution in [0.3, 0.4) is 0 Å². The topological polar surface area (TPSA) is 206 Å². The van der Waals surface area contributed by atoms with Gasteiger partial charge in [0.25, 0.3) is 0 Å². The summed E-state index contributed by atoms with van der Waals surface area (Å²) in [6.45, 7) is 19.9. The molecule has 2 fully saturated rings. The van der Waals surface area contributed by atoms with Gasteiger partial charge in [-0.25, -0.2) is 14.5 Å². The highest BCUT2D eigenvalue weighted by Gasteiger charge is 2.45. The Morgan fingerprint density at radius 3 is 2.35 bits per heavy atom. The van der Waals surface area contributed by atoms with E-state index >= 15 is 0 Å².